The van der Waals surface area contributed by atoms with E-state index in [1.54, 1.807) is 0 Å². The maximum absolute atomic E-state index is 10.8. The zero-order chi connectivity index (χ0) is 12.8. The fraction of sp³-hybridized carbons (Fsp3) is 0.308. The van der Waals surface area contributed by atoms with Gasteiger partial charge in [-0.3, -0.25) is 4.79 Å². The van der Waals surface area contributed by atoms with E-state index in [-0.39, 0.29) is 12.6 Å². The number of nitrogens with one attached hydrogen (secondary N) is 1. The fourth-order valence-corrected chi connectivity index (χ4v) is 1.49. The molecule has 0 aliphatic carbocycles. The third-order valence-corrected chi connectivity index (χ3v) is 2.35. The van der Waals surface area contributed by atoms with Crippen molar-refractivity contribution in [2.75, 3.05) is 6.73 Å². The van der Waals surface area contributed by atoms with Gasteiger partial charge in [-0.05, 0) is 36.6 Å². The van der Waals surface area contributed by atoms with Gasteiger partial charge in [-0.1, -0.05) is 18.7 Å². The second-order valence-corrected chi connectivity index (χ2v) is 3.82. The zero-order valence-corrected chi connectivity index (χ0v) is 10.1. The molecule has 1 aromatic rings. The molecule has 0 bridgehead atoms. The highest BCUT2D eigenvalue weighted by Gasteiger charge is 2.03. The van der Waals surface area contributed by atoms with Crippen molar-refractivity contribution in [2.45, 2.75) is 20.5 Å². The molecule has 0 heterocycles. The highest BCUT2D eigenvalue weighted by molar-refractivity contribution is 5.86. The standard InChI is InChI=1S/C13H17NO3/c1-4-12(15)14-8-17-7-11-5-9(2)13(16)10(3)6-11/h4-6,16H,1,7-8H2,2-3H3,(H,14,15). The van der Waals surface area contributed by atoms with Crippen LogP contribution in [0.4, 0.5) is 0 Å². The minimum atomic E-state index is -0.261. The van der Waals surface area contributed by atoms with Crippen LogP contribution in [-0.4, -0.2) is 17.7 Å². The average Bonchev–Trinajstić information content (AvgIpc) is 2.31. The number of phenolic OH excluding ortho intramolecular Hbond substituents is 1. The van der Waals surface area contributed by atoms with E-state index in [2.05, 4.69) is 11.9 Å². The third-order valence-electron chi connectivity index (χ3n) is 2.35. The van der Waals surface area contributed by atoms with Crippen molar-refractivity contribution in [1.29, 1.82) is 0 Å². The number of carbonyl (C=O) groups excluding carboxylic acids is 1. The number of ether oxygens (including phenoxy) is 1. The molecule has 1 aromatic carbocycles. The van der Waals surface area contributed by atoms with Crippen molar-refractivity contribution in [3.8, 4) is 5.75 Å². The van der Waals surface area contributed by atoms with Crippen LogP contribution in [0.25, 0.3) is 0 Å². The zero-order valence-electron chi connectivity index (χ0n) is 10.1. The van der Waals surface area contributed by atoms with E-state index >= 15 is 0 Å². The van der Waals surface area contributed by atoms with Gasteiger partial charge in [-0.15, -0.1) is 0 Å². The minimum absolute atomic E-state index is 0.143. The number of aromatic hydroxyl groups is 1. The van der Waals surface area contributed by atoms with Crippen LogP contribution in [0.2, 0.25) is 0 Å². The molecule has 2 N–H and O–H groups in total. The second kappa shape index (κ2) is 6.06. The molecule has 0 fully saturated rings. The Morgan fingerprint density at radius 3 is 2.59 bits per heavy atom. The van der Waals surface area contributed by atoms with E-state index in [4.69, 9.17) is 4.74 Å². The first-order valence-electron chi connectivity index (χ1n) is 5.31. The molecule has 1 rings (SSSR count). The van der Waals surface area contributed by atoms with Crippen LogP contribution in [-0.2, 0) is 16.1 Å². The van der Waals surface area contributed by atoms with Crippen molar-refractivity contribution in [2.24, 2.45) is 0 Å². The summed E-state index contributed by atoms with van der Waals surface area (Å²) in [4.78, 5) is 10.8. The molecule has 0 saturated carbocycles. The van der Waals surface area contributed by atoms with E-state index in [1.165, 1.54) is 6.08 Å². The number of hydrogen-bond acceptors (Lipinski definition) is 3. The summed E-state index contributed by atoms with van der Waals surface area (Å²) < 4.78 is 5.28. The molecule has 0 aromatic heterocycles. The van der Waals surface area contributed by atoms with Crippen LogP contribution in [0.1, 0.15) is 16.7 Å². The molecule has 0 unspecified atom stereocenters. The Morgan fingerprint density at radius 1 is 1.47 bits per heavy atom. The molecule has 1 amide bonds. The van der Waals surface area contributed by atoms with E-state index in [9.17, 15) is 9.90 Å². The molecule has 17 heavy (non-hydrogen) atoms. The number of aryl methyl sites for hydroxylation is 2. The predicted octanol–water partition coefficient (Wildman–Crippen LogP) is 1.79. The van der Waals surface area contributed by atoms with Crippen LogP contribution in [0.5, 0.6) is 5.75 Å². The molecule has 0 atom stereocenters. The molecule has 92 valence electrons. The van der Waals surface area contributed by atoms with Crippen LogP contribution in [0.15, 0.2) is 24.8 Å². The first-order chi connectivity index (χ1) is 8.04. The summed E-state index contributed by atoms with van der Waals surface area (Å²) in [5.41, 5.74) is 2.60. The van der Waals surface area contributed by atoms with Crippen molar-refractivity contribution >= 4 is 5.91 Å². The number of phenols is 1. The minimum Gasteiger partial charge on any atom is -0.507 e. The van der Waals surface area contributed by atoms with Gasteiger partial charge in [-0.2, -0.15) is 0 Å². The summed E-state index contributed by atoms with van der Waals surface area (Å²) >= 11 is 0. The lowest BCUT2D eigenvalue weighted by molar-refractivity contribution is -0.118. The van der Waals surface area contributed by atoms with E-state index in [1.807, 2.05) is 26.0 Å². The predicted molar refractivity (Wildman–Crippen MR) is 65.6 cm³/mol. The average molecular weight is 235 g/mol. The lowest BCUT2D eigenvalue weighted by Gasteiger charge is -2.09. The van der Waals surface area contributed by atoms with Gasteiger partial charge < -0.3 is 15.2 Å². The molecule has 0 radical (unpaired) electrons. The third kappa shape index (κ3) is 3.92. The van der Waals surface area contributed by atoms with Gasteiger partial charge in [0.2, 0.25) is 5.91 Å². The number of hydrogen-bond donors (Lipinski definition) is 2. The molecule has 0 aliphatic rings. The van der Waals surface area contributed by atoms with Gasteiger partial charge in [0.05, 0.1) is 6.61 Å². The van der Waals surface area contributed by atoms with Crippen molar-refractivity contribution in [3.63, 3.8) is 0 Å². The van der Waals surface area contributed by atoms with Crippen LogP contribution in [0.3, 0.4) is 0 Å². The van der Waals surface area contributed by atoms with Gasteiger partial charge in [0.15, 0.2) is 0 Å². The molecule has 0 aliphatic heterocycles. The molecular formula is C13H17NO3. The highest BCUT2D eigenvalue weighted by atomic mass is 16.5. The Hall–Kier alpha value is -1.81. The Bertz CT molecular complexity index is 404. The van der Waals surface area contributed by atoms with Gasteiger partial charge in [0.1, 0.15) is 12.5 Å². The first kappa shape index (κ1) is 13.3. The summed E-state index contributed by atoms with van der Waals surface area (Å²) in [7, 11) is 0. The van der Waals surface area contributed by atoms with E-state index in [0.717, 1.165) is 16.7 Å². The van der Waals surface area contributed by atoms with Gasteiger partial charge in [-0.25, -0.2) is 0 Å². The molecule has 0 spiro atoms. The van der Waals surface area contributed by atoms with Crippen LogP contribution >= 0.6 is 0 Å². The topological polar surface area (TPSA) is 58.6 Å². The smallest absolute Gasteiger partial charge is 0.245 e. The van der Waals surface area contributed by atoms with Crippen LogP contribution < -0.4 is 5.32 Å². The maximum atomic E-state index is 10.8. The summed E-state index contributed by atoms with van der Waals surface area (Å²) in [6, 6.07) is 3.72. The van der Waals surface area contributed by atoms with E-state index < -0.39 is 0 Å². The number of benzene rings is 1. The quantitative estimate of drug-likeness (QED) is 0.464. The Balaban J connectivity index is 2.47. The Labute approximate surface area is 101 Å². The highest BCUT2D eigenvalue weighted by Crippen LogP contribution is 2.23. The van der Waals surface area contributed by atoms with Gasteiger partial charge in [0, 0.05) is 0 Å². The summed E-state index contributed by atoms with van der Waals surface area (Å²) in [6.07, 6.45) is 1.19. The number of amides is 1. The Kier molecular flexibility index (Phi) is 4.72. The normalized spacial score (nSPS) is 10.0. The van der Waals surface area contributed by atoms with Gasteiger partial charge in [0.25, 0.3) is 0 Å². The second-order valence-electron chi connectivity index (χ2n) is 3.82. The monoisotopic (exact) mass is 235 g/mol. The van der Waals surface area contributed by atoms with E-state index in [0.29, 0.717) is 12.4 Å². The first-order valence-corrected chi connectivity index (χ1v) is 5.31. The number of carbonyl (C=O) groups is 1. The number of rotatable bonds is 5. The van der Waals surface area contributed by atoms with Gasteiger partial charge >= 0.3 is 0 Å². The Morgan fingerprint density at radius 2 is 2.06 bits per heavy atom. The molecule has 4 nitrogen and oxygen atoms in total. The largest absolute Gasteiger partial charge is 0.507 e. The van der Waals surface area contributed by atoms with Crippen molar-refractivity contribution < 1.29 is 14.6 Å². The summed E-state index contributed by atoms with van der Waals surface area (Å²) in [5.74, 6) is 0.0526. The summed E-state index contributed by atoms with van der Waals surface area (Å²) in [5, 5.41) is 12.1. The lowest BCUT2D eigenvalue weighted by atomic mass is 10.1. The fourth-order valence-electron chi connectivity index (χ4n) is 1.49. The maximum Gasteiger partial charge on any atom is 0.245 e. The van der Waals surface area contributed by atoms with Crippen LogP contribution in [0, 0.1) is 13.8 Å². The summed E-state index contributed by atoms with van der Waals surface area (Å²) in [6.45, 7) is 7.54. The van der Waals surface area contributed by atoms with Crippen molar-refractivity contribution in [1.82, 2.24) is 5.32 Å². The lowest BCUT2D eigenvalue weighted by Crippen LogP contribution is -2.23. The molecule has 4 heteroatoms. The molecular weight excluding hydrogens is 218 g/mol. The van der Waals surface area contributed by atoms with Crippen molar-refractivity contribution in [3.05, 3.63) is 41.5 Å². The molecule has 0 saturated heterocycles. The SMILES string of the molecule is C=CC(=O)NCOCc1cc(C)c(O)c(C)c1.